The molecule has 2 nitrogen and oxygen atoms in total. The normalized spacial score (nSPS) is 10.6. The van der Waals surface area contributed by atoms with Crippen LogP contribution in [0.5, 0.6) is 5.75 Å². The maximum Gasteiger partial charge on any atom is 0.265 e. The molecule has 1 aromatic rings. The summed E-state index contributed by atoms with van der Waals surface area (Å²) in [6, 6.07) is 2.03. The predicted octanol–water partition coefficient (Wildman–Crippen LogP) is 3.19. The molecular weight excluding hydrogens is 214 g/mol. The molecule has 0 atom stereocenters. The molecule has 0 amide bonds. The van der Waals surface area contributed by atoms with Crippen molar-refractivity contribution >= 4 is 17.4 Å². The maximum absolute atomic E-state index is 12.3. The summed E-state index contributed by atoms with van der Waals surface area (Å²) in [5.41, 5.74) is -0.709. The van der Waals surface area contributed by atoms with Crippen LogP contribution in [0.4, 0.5) is 8.78 Å². The highest BCUT2D eigenvalue weighted by molar-refractivity contribution is 6.35. The Morgan fingerprint density at radius 2 is 2.07 bits per heavy atom. The number of phenolic OH excluding ortho intramolecular Hbond substituents is 1. The average molecular weight is 221 g/mol. The summed E-state index contributed by atoms with van der Waals surface area (Å²) in [5, 5.41) is 8.84. The monoisotopic (exact) mass is 220 g/mol. The van der Waals surface area contributed by atoms with Crippen molar-refractivity contribution in [3.05, 3.63) is 28.3 Å². The van der Waals surface area contributed by atoms with E-state index < -0.39 is 17.8 Å². The van der Waals surface area contributed by atoms with Crippen LogP contribution in [-0.4, -0.2) is 10.9 Å². The van der Waals surface area contributed by atoms with Gasteiger partial charge >= 0.3 is 0 Å². The molecule has 0 unspecified atom stereocenters. The highest BCUT2D eigenvalue weighted by atomic mass is 35.5. The van der Waals surface area contributed by atoms with Crippen LogP contribution in [0.2, 0.25) is 5.02 Å². The Kier molecular flexibility index (Phi) is 3.06. The standard InChI is InChI=1S/C9H7ClF2O2/c1-4(13)7-6(14)3-2-5(8(7)10)9(11)12/h2-3,9,14H,1H3. The number of phenols is 1. The number of aromatic hydroxyl groups is 1. The lowest BCUT2D eigenvalue weighted by molar-refractivity contribution is 0.101. The van der Waals surface area contributed by atoms with Gasteiger partial charge in [-0.05, 0) is 19.1 Å². The largest absolute Gasteiger partial charge is 0.507 e. The maximum atomic E-state index is 12.3. The Labute approximate surface area is 84.1 Å². The van der Waals surface area contributed by atoms with Gasteiger partial charge in [-0.25, -0.2) is 8.78 Å². The van der Waals surface area contributed by atoms with E-state index in [1.54, 1.807) is 0 Å². The van der Waals surface area contributed by atoms with Crippen molar-refractivity contribution < 1.29 is 18.7 Å². The molecule has 0 heterocycles. The number of hydrogen-bond donors (Lipinski definition) is 1. The first-order chi connectivity index (χ1) is 6.45. The molecule has 0 saturated heterocycles. The first-order valence-electron chi connectivity index (χ1n) is 3.75. The lowest BCUT2D eigenvalue weighted by Gasteiger charge is -2.08. The van der Waals surface area contributed by atoms with Crippen molar-refractivity contribution in [1.82, 2.24) is 0 Å². The number of carbonyl (C=O) groups is 1. The number of halogens is 3. The van der Waals surface area contributed by atoms with Crippen LogP contribution in [0.25, 0.3) is 0 Å². The Morgan fingerprint density at radius 3 is 2.50 bits per heavy atom. The van der Waals surface area contributed by atoms with Gasteiger partial charge in [0.25, 0.3) is 6.43 Å². The number of alkyl halides is 2. The van der Waals surface area contributed by atoms with E-state index in [4.69, 9.17) is 11.6 Å². The van der Waals surface area contributed by atoms with Crippen molar-refractivity contribution in [3.63, 3.8) is 0 Å². The highest BCUT2D eigenvalue weighted by Crippen LogP contribution is 2.34. The molecule has 76 valence electrons. The lowest BCUT2D eigenvalue weighted by atomic mass is 10.1. The number of hydrogen-bond acceptors (Lipinski definition) is 2. The molecule has 0 aliphatic heterocycles. The highest BCUT2D eigenvalue weighted by Gasteiger charge is 2.19. The Hall–Kier alpha value is -1.16. The summed E-state index contributed by atoms with van der Waals surface area (Å²) < 4.78 is 24.7. The number of carbonyl (C=O) groups excluding carboxylic acids is 1. The Balaban J connectivity index is 3.41. The molecule has 0 aliphatic carbocycles. The van der Waals surface area contributed by atoms with Gasteiger partial charge in [0.1, 0.15) is 5.75 Å². The Morgan fingerprint density at radius 1 is 1.50 bits per heavy atom. The van der Waals surface area contributed by atoms with Crippen LogP contribution < -0.4 is 0 Å². The van der Waals surface area contributed by atoms with Gasteiger partial charge in [-0.2, -0.15) is 0 Å². The van der Waals surface area contributed by atoms with Gasteiger partial charge in [0.05, 0.1) is 10.6 Å². The first kappa shape index (κ1) is 10.9. The third-order valence-electron chi connectivity index (χ3n) is 1.74. The van der Waals surface area contributed by atoms with Gasteiger partial charge in [0, 0.05) is 5.56 Å². The molecule has 14 heavy (non-hydrogen) atoms. The van der Waals surface area contributed by atoms with Crippen LogP contribution >= 0.6 is 11.6 Å². The molecule has 1 aromatic carbocycles. The minimum absolute atomic E-state index is 0.260. The summed E-state index contributed by atoms with van der Waals surface area (Å²) in [6.45, 7) is 1.15. The van der Waals surface area contributed by atoms with E-state index >= 15 is 0 Å². The van der Waals surface area contributed by atoms with Crippen molar-refractivity contribution in [2.45, 2.75) is 13.3 Å². The molecule has 0 radical (unpaired) electrons. The van der Waals surface area contributed by atoms with Gasteiger partial charge in [0.2, 0.25) is 0 Å². The molecule has 1 N–H and O–H groups in total. The van der Waals surface area contributed by atoms with E-state index in [0.717, 1.165) is 19.1 Å². The summed E-state index contributed by atoms with van der Waals surface area (Å²) in [5.74, 6) is -0.929. The fourth-order valence-electron chi connectivity index (χ4n) is 1.09. The van der Waals surface area contributed by atoms with Crippen molar-refractivity contribution in [1.29, 1.82) is 0 Å². The summed E-state index contributed by atoms with van der Waals surface area (Å²) in [7, 11) is 0. The second kappa shape index (κ2) is 3.92. The van der Waals surface area contributed by atoms with Crippen molar-refractivity contribution in [2.75, 3.05) is 0 Å². The number of rotatable bonds is 2. The minimum atomic E-state index is -2.76. The molecule has 0 fully saturated rings. The van der Waals surface area contributed by atoms with Crippen LogP contribution in [-0.2, 0) is 0 Å². The molecule has 1 rings (SSSR count). The van der Waals surface area contributed by atoms with Gasteiger partial charge in [-0.3, -0.25) is 4.79 Å². The van der Waals surface area contributed by atoms with Gasteiger partial charge in [-0.15, -0.1) is 0 Å². The van der Waals surface area contributed by atoms with Crippen LogP contribution in [0.15, 0.2) is 12.1 Å². The number of Topliss-reactive ketones (excluding diaryl/α,β-unsaturated/α-hetero) is 1. The molecule has 0 spiro atoms. The van der Waals surface area contributed by atoms with E-state index in [0.29, 0.717) is 0 Å². The fourth-order valence-corrected chi connectivity index (χ4v) is 1.46. The second-order valence-electron chi connectivity index (χ2n) is 2.72. The third-order valence-corrected chi connectivity index (χ3v) is 2.14. The van der Waals surface area contributed by atoms with E-state index in [1.807, 2.05) is 0 Å². The zero-order valence-electron chi connectivity index (χ0n) is 7.22. The third kappa shape index (κ3) is 1.85. The zero-order chi connectivity index (χ0) is 10.9. The molecule has 0 saturated carbocycles. The predicted molar refractivity (Wildman–Crippen MR) is 48.1 cm³/mol. The molecule has 0 bridgehead atoms. The van der Waals surface area contributed by atoms with Crippen LogP contribution in [0.3, 0.4) is 0 Å². The van der Waals surface area contributed by atoms with Gasteiger partial charge in [0.15, 0.2) is 5.78 Å². The molecule has 0 aromatic heterocycles. The number of benzene rings is 1. The SMILES string of the molecule is CC(=O)c1c(O)ccc(C(F)F)c1Cl. The van der Waals surface area contributed by atoms with E-state index in [1.165, 1.54) is 0 Å². The van der Waals surface area contributed by atoms with E-state index in [2.05, 4.69) is 0 Å². The molecular formula is C9H7ClF2O2. The van der Waals surface area contributed by atoms with Crippen LogP contribution in [0, 0.1) is 0 Å². The summed E-state index contributed by atoms with van der Waals surface area (Å²) in [6.07, 6.45) is -2.76. The second-order valence-corrected chi connectivity index (χ2v) is 3.10. The minimum Gasteiger partial charge on any atom is -0.507 e. The summed E-state index contributed by atoms with van der Waals surface area (Å²) in [4.78, 5) is 11.0. The summed E-state index contributed by atoms with van der Waals surface area (Å²) >= 11 is 5.54. The van der Waals surface area contributed by atoms with Gasteiger partial charge in [-0.1, -0.05) is 11.6 Å². The topological polar surface area (TPSA) is 37.3 Å². The van der Waals surface area contributed by atoms with Crippen molar-refractivity contribution in [2.24, 2.45) is 0 Å². The Bertz CT molecular complexity index is 377. The molecule has 5 heteroatoms. The lowest BCUT2D eigenvalue weighted by Crippen LogP contribution is -1.98. The van der Waals surface area contributed by atoms with Gasteiger partial charge < -0.3 is 5.11 Å². The number of ketones is 1. The molecule has 0 aliphatic rings. The van der Waals surface area contributed by atoms with E-state index in [-0.39, 0.29) is 16.3 Å². The fraction of sp³-hybridized carbons (Fsp3) is 0.222. The first-order valence-corrected chi connectivity index (χ1v) is 4.13. The zero-order valence-corrected chi connectivity index (χ0v) is 7.98. The van der Waals surface area contributed by atoms with E-state index in [9.17, 15) is 18.7 Å². The quantitative estimate of drug-likeness (QED) is 0.778. The van der Waals surface area contributed by atoms with Crippen LogP contribution in [0.1, 0.15) is 29.3 Å². The smallest absolute Gasteiger partial charge is 0.265 e. The average Bonchev–Trinajstić information content (AvgIpc) is 2.02. The van der Waals surface area contributed by atoms with Crippen molar-refractivity contribution in [3.8, 4) is 5.75 Å².